The first-order valence-electron chi connectivity index (χ1n) is 13.0. The van der Waals surface area contributed by atoms with Crippen LogP contribution in [0.1, 0.15) is 30.4 Å². The monoisotopic (exact) mass is 486 g/mol. The summed E-state index contributed by atoms with van der Waals surface area (Å²) in [5.74, 6) is -0.121. The van der Waals surface area contributed by atoms with Crippen molar-refractivity contribution in [2.75, 3.05) is 34.2 Å². The van der Waals surface area contributed by atoms with Gasteiger partial charge >= 0.3 is 0 Å². The summed E-state index contributed by atoms with van der Waals surface area (Å²) in [6.45, 7) is 1.75. The third-order valence-corrected chi connectivity index (χ3v) is 7.35. The summed E-state index contributed by atoms with van der Waals surface area (Å²) in [4.78, 5) is 29.2. The number of piperidine rings is 1. The van der Waals surface area contributed by atoms with E-state index in [1.54, 1.807) is 17.0 Å². The maximum absolute atomic E-state index is 13.8. The molecule has 1 aliphatic heterocycles. The Labute approximate surface area is 214 Å². The van der Waals surface area contributed by atoms with E-state index >= 15 is 0 Å². The molecule has 0 unspecified atom stereocenters. The smallest absolute Gasteiger partial charge is 0.259 e. The van der Waals surface area contributed by atoms with Crippen LogP contribution in [0, 0.1) is 0 Å². The Kier molecular flexibility index (Phi) is 8.73. The summed E-state index contributed by atoms with van der Waals surface area (Å²) in [7, 11) is 5.42. The lowest BCUT2D eigenvalue weighted by Crippen LogP contribution is -2.57. The SMILES string of the molecule is CN[C@H](Cc1ccc2ccccc2c1)C(=O)N(C)[C@H](Cc1ccccc1)C(=O)N(C)N1CCCCC1. The molecule has 1 aliphatic rings. The van der Waals surface area contributed by atoms with Crippen LogP contribution in [-0.4, -0.2) is 73.0 Å². The predicted molar refractivity (Wildman–Crippen MR) is 145 cm³/mol. The predicted octanol–water partition coefficient (Wildman–Crippen LogP) is 3.90. The van der Waals surface area contributed by atoms with Gasteiger partial charge in [-0.25, -0.2) is 5.01 Å². The number of nitrogens with zero attached hydrogens (tertiary/aromatic N) is 3. The van der Waals surface area contributed by atoms with Crippen molar-refractivity contribution in [3.8, 4) is 0 Å². The maximum atomic E-state index is 13.8. The first kappa shape index (κ1) is 25.9. The molecule has 1 N–H and O–H groups in total. The molecule has 0 aliphatic carbocycles. The molecule has 190 valence electrons. The number of nitrogens with one attached hydrogen (secondary N) is 1. The Balaban J connectivity index is 1.54. The quantitative estimate of drug-likeness (QED) is 0.499. The molecule has 1 saturated heterocycles. The van der Waals surface area contributed by atoms with Gasteiger partial charge in [-0.05, 0) is 48.2 Å². The van der Waals surface area contributed by atoms with E-state index in [4.69, 9.17) is 0 Å². The van der Waals surface area contributed by atoms with Gasteiger partial charge in [0.05, 0.1) is 6.04 Å². The number of carbonyl (C=O) groups excluding carboxylic acids is 2. The summed E-state index contributed by atoms with van der Waals surface area (Å²) in [6.07, 6.45) is 4.40. The zero-order valence-corrected chi connectivity index (χ0v) is 21.7. The number of benzene rings is 3. The van der Waals surface area contributed by atoms with E-state index in [-0.39, 0.29) is 11.8 Å². The molecule has 36 heavy (non-hydrogen) atoms. The third-order valence-electron chi connectivity index (χ3n) is 7.35. The van der Waals surface area contributed by atoms with Crippen molar-refractivity contribution in [2.24, 2.45) is 0 Å². The Morgan fingerprint density at radius 3 is 2.17 bits per heavy atom. The topological polar surface area (TPSA) is 55.9 Å². The molecule has 2 amide bonds. The fourth-order valence-corrected chi connectivity index (χ4v) is 5.07. The van der Waals surface area contributed by atoms with Gasteiger partial charge in [0, 0.05) is 33.6 Å². The molecule has 4 rings (SSSR count). The average Bonchev–Trinajstić information content (AvgIpc) is 2.94. The molecule has 3 aromatic rings. The van der Waals surface area contributed by atoms with Gasteiger partial charge in [0.2, 0.25) is 5.91 Å². The molecule has 1 fully saturated rings. The van der Waals surface area contributed by atoms with E-state index < -0.39 is 12.1 Å². The molecule has 0 radical (unpaired) electrons. The molecule has 1 heterocycles. The minimum absolute atomic E-state index is 0.0443. The lowest BCUT2D eigenvalue weighted by Gasteiger charge is -2.39. The summed E-state index contributed by atoms with van der Waals surface area (Å²) in [6, 6.07) is 23.5. The van der Waals surface area contributed by atoms with Crippen molar-refractivity contribution >= 4 is 22.6 Å². The average molecular weight is 487 g/mol. The number of hydrazine groups is 1. The van der Waals surface area contributed by atoms with Crippen LogP contribution in [0.25, 0.3) is 10.8 Å². The van der Waals surface area contributed by atoms with Crippen LogP contribution >= 0.6 is 0 Å². The summed E-state index contributed by atoms with van der Waals surface area (Å²) >= 11 is 0. The van der Waals surface area contributed by atoms with Crippen LogP contribution in [0.2, 0.25) is 0 Å². The first-order valence-corrected chi connectivity index (χ1v) is 13.0. The van der Waals surface area contributed by atoms with Crippen molar-refractivity contribution in [1.29, 1.82) is 0 Å². The van der Waals surface area contributed by atoms with Crippen LogP contribution in [0.5, 0.6) is 0 Å². The number of rotatable bonds is 9. The summed E-state index contributed by atoms with van der Waals surface area (Å²) in [5.41, 5.74) is 2.13. The van der Waals surface area contributed by atoms with E-state index in [2.05, 4.69) is 40.7 Å². The van der Waals surface area contributed by atoms with Crippen molar-refractivity contribution in [3.05, 3.63) is 83.9 Å². The van der Waals surface area contributed by atoms with Crippen molar-refractivity contribution in [1.82, 2.24) is 20.2 Å². The fourth-order valence-electron chi connectivity index (χ4n) is 5.07. The lowest BCUT2D eigenvalue weighted by atomic mass is 9.99. The van der Waals surface area contributed by atoms with Gasteiger partial charge in [-0.2, -0.15) is 0 Å². The third kappa shape index (κ3) is 6.12. The number of hydrogen-bond donors (Lipinski definition) is 1. The van der Waals surface area contributed by atoms with Gasteiger partial charge in [-0.3, -0.25) is 14.6 Å². The van der Waals surface area contributed by atoms with Crippen LogP contribution in [0.15, 0.2) is 72.8 Å². The maximum Gasteiger partial charge on any atom is 0.259 e. The zero-order chi connectivity index (χ0) is 25.5. The minimum atomic E-state index is -0.584. The van der Waals surface area contributed by atoms with Crippen LogP contribution < -0.4 is 5.32 Å². The molecule has 0 saturated carbocycles. The molecule has 3 aromatic carbocycles. The largest absolute Gasteiger partial charge is 0.332 e. The highest BCUT2D eigenvalue weighted by Crippen LogP contribution is 2.19. The number of fused-ring (bicyclic) bond motifs is 1. The first-order chi connectivity index (χ1) is 17.5. The van der Waals surface area contributed by atoms with Gasteiger partial charge in [-0.15, -0.1) is 0 Å². The van der Waals surface area contributed by atoms with E-state index in [9.17, 15) is 9.59 Å². The molecular formula is C30H38N4O2. The van der Waals surface area contributed by atoms with Crippen LogP contribution in [0.4, 0.5) is 0 Å². The Morgan fingerprint density at radius 2 is 1.47 bits per heavy atom. The van der Waals surface area contributed by atoms with Gasteiger partial charge in [-0.1, -0.05) is 79.2 Å². The second-order valence-corrected chi connectivity index (χ2v) is 9.76. The fraction of sp³-hybridized carbons (Fsp3) is 0.400. The zero-order valence-electron chi connectivity index (χ0n) is 21.7. The lowest BCUT2D eigenvalue weighted by molar-refractivity contribution is -0.157. The molecular weight excluding hydrogens is 448 g/mol. The number of likely N-dealkylation sites (N-methyl/N-ethyl adjacent to an activating group) is 3. The van der Waals surface area contributed by atoms with Crippen molar-refractivity contribution < 1.29 is 9.59 Å². The molecule has 6 heteroatoms. The molecule has 0 aromatic heterocycles. The molecule has 2 atom stereocenters. The molecule has 0 bridgehead atoms. The Hall–Kier alpha value is -3.22. The van der Waals surface area contributed by atoms with E-state index in [1.165, 1.54) is 11.8 Å². The normalized spacial score (nSPS) is 15.9. The number of carbonyl (C=O) groups is 2. The highest BCUT2D eigenvalue weighted by molar-refractivity contribution is 5.90. The van der Waals surface area contributed by atoms with Crippen LogP contribution in [-0.2, 0) is 22.4 Å². The van der Waals surface area contributed by atoms with Gasteiger partial charge in [0.15, 0.2) is 0 Å². The molecule has 6 nitrogen and oxygen atoms in total. The van der Waals surface area contributed by atoms with Crippen LogP contribution in [0.3, 0.4) is 0 Å². The summed E-state index contributed by atoms with van der Waals surface area (Å²) in [5, 5.41) is 9.40. The molecule has 0 spiro atoms. The van der Waals surface area contributed by atoms with Crippen molar-refractivity contribution in [2.45, 2.75) is 44.2 Å². The van der Waals surface area contributed by atoms with E-state index in [1.807, 2.05) is 56.6 Å². The highest BCUT2D eigenvalue weighted by atomic mass is 16.2. The standard InChI is InChI=1S/C30H38N4O2/c1-31-27(21-24-16-17-25-14-8-9-15-26(25)20-24)29(35)32(2)28(22-23-12-6-4-7-13-23)30(36)33(3)34-18-10-5-11-19-34/h4,6-9,12-17,20,27-28,31H,5,10-11,18-19,21-22H2,1-3H3/t27-,28-/m1/s1. The minimum Gasteiger partial charge on any atom is -0.332 e. The van der Waals surface area contributed by atoms with E-state index in [0.29, 0.717) is 12.8 Å². The van der Waals surface area contributed by atoms with Crippen molar-refractivity contribution in [3.63, 3.8) is 0 Å². The number of amides is 2. The number of hydrogen-bond acceptors (Lipinski definition) is 4. The highest BCUT2D eigenvalue weighted by Gasteiger charge is 2.34. The van der Waals surface area contributed by atoms with Gasteiger partial charge < -0.3 is 10.2 Å². The van der Waals surface area contributed by atoms with Gasteiger partial charge in [0.1, 0.15) is 6.04 Å². The van der Waals surface area contributed by atoms with Gasteiger partial charge in [0.25, 0.3) is 5.91 Å². The summed E-state index contributed by atoms with van der Waals surface area (Å²) < 4.78 is 0. The Morgan fingerprint density at radius 1 is 0.806 bits per heavy atom. The second-order valence-electron chi connectivity index (χ2n) is 9.76. The van der Waals surface area contributed by atoms with E-state index in [0.717, 1.165) is 42.4 Å². The second kappa shape index (κ2) is 12.2. The Bertz CT molecular complexity index is 1160.